The standard InChI is InChI=1S/C14H17N3OS/c1-3-10(4-2)13(18)17-14-16-12(9-19-14)11-6-5-7-15-8-11/h5-10H,3-4H2,1-2H3,(H,16,17,18). The van der Waals surface area contributed by atoms with E-state index in [4.69, 9.17) is 0 Å². The summed E-state index contributed by atoms with van der Waals surface area (Å²) in [6, 6.07) is 3.83. The van der Waals surface area contributed by atoms with Gasteiger partial charge in [-0.15, -0.1) is 11.3 Å². The van der Waals surface area contributed by atoms with Crippen molar-refractivity contribution in [1.29, 1.82) is 0 Å². The van der Waals surface area contributed by atoms with Gasteiger partial charge in [0, 0.05) is 29.3 Å². The Bertz CT molecular complexity index is 535. The number of amides is 1. The average Bonchev–Trinajstić information content (AvgIpc) is 2.89. The Hall–Kier alpha value is -1.75. The predicted octanol–water partition coefficient (Wildman–Crippen LogP) is 3.58. The molecule has 0 aliphatic carbocycles. The lowest BCUT2D eigenvalue weighted by Crippen LogP contribution is -2.21. The molecule has 5 heteroatoms. The smallest absolute Gasteiger partial charge is 0.229 e. The van der Waals surface area contributed by atoms with Crippen LogP contribution in [0.5, 0.6) is 0 Å². The summed E-state index contributed by atoms with van der Waals surface area (Å²) in [5.41, 5.74) is 1.81. The lowest BCUT2D eigenvalue weighted by atomic mass is 10.0. The first kappa shape index (κ1) is 13.7. The molecule has 0 aromatic carbocycles. The largest absolute Gasteiger partial charge is 0.302 e. The van der Waals surface area contributed by atoms with E-state index in [2.05, 4.69) is 15.3 Å². The molecule has 2 aromatic rings. The van der Waals surface area contributed by atoms with Crippen molar-refractivity contribution in [2.24, 2.45) is 5.92 Å². The third kappa shape index (κ3) is 3.38. The number of anilines is 1. The molecule has 1 N–H and O–H groups in total. The molecule has 100 valence electrons. The van der Waals surface area contributed by atoms with Crippen LogP contribution >= 0.6 is 11.3 Å². The zero-order valence-corrected chi connectivity index (χ0v) is 11.9. The number of nitrogens with one attached hydrogen (secondary N) is 1. The zero-order valence-electron chi connectivity index (χ0n) is 11.1. The van der Waals surface area contributed by atoms with Crippen molar-refractivity contribution < 1.29 is 4.79 Å². The van der Waals surface area contributed by atoms with Crippen molar-refractivity contribution in [3.8, 4) is 11.3 Å². The van der Waals surface area contributed by atoms with Gasteiger partial charge in [0.2, 0.25) is 5.91 Å². The summed E-state index contributed by atoms with van der Waals surface area (Å²) in [6.07, 6.45) is 5.19. The number of carbonyl (C=O) groups is 1. The van der Waals surface area contributed by atoms with Crippen LogP contribution in [0.3, 0.4) is 0 Å². The minimum atomic E-state index is 0.0529. The monoisotopic (exact) mass is 275 g/mol. The molecule has 0 atom stereocenters. The quantitative estimate of drug-likeness (QED) is 0.907. The van der Waals surface area contributed by atoms with Gasteiger partial charge >= 0.3 is 0 Å². The summed E-state index contributed by atoms with van der Waals surface area (Å²) in [4.78, 5) is 20.4. The highest BCUT2D eigenvalue weighted by Crippen LogP contribution is 2.24. The van der Waals surface area contributed by atoms with Gasteiger partial charge < -0.3 is 5.32 Å². The Morgan fingerprint density at radius 1 is 1.42 bits per heavy atom. The van der Waals surface area contributed by atoms with E-state index in [1.807, 2.05) is 31.4 Å². The molecular formula is C14H17N3OS. The summed E-state index contributed by atoms with van der Waals surface area (Å²) >= 11 is 1.44. The molecule has 0 radical (unpaired) electrons. The highest BCUT2D eigenvalue weighted by Gasteiger charge is 2.15. The van der Waals surface area contributed by atoms with Crippen molar-refractivity contribution in [3.05, 3.63) is 29.9 Å². The Morgan fingerprint density at radius 3 is 2.84 bits per heavy atom. The summed E-state index contributed by atoms with van der Waals surface area (Å²) in [6.45, 7) is 4.05. The highest BCUT2D eigenvalue weighted by molar-refractivity contribution is 7.14. The fraction of sp³-hybridized carbons (Fsp3) is 0.357. The van der Waals surface area contributed by atoms with Crippen molar-refractivity contribution in [2.75, 3.05) is 5.32 Å². The van der Waals surface area contributed by atoms with E-state index in [0.29, 0.717) is 5.13 Å². The van der Waals surface area contributed by atoms with Crippen LogP contribution in [0.15, 0.2) is 29.9 Å². The number of aromatic nitrogens is 2. The minimum absolute atomic E-state index is 0.0529. The number of nitrogens with zero attached hydrogens (tertiary/aromatic N) is 2. The van der Waals surface area contributed by atoms with Crippen molar-refractivity contribution in [3.63, 3.8) is 0 Å². The Balaban J connectivity index is 2.08. The molecule has 1 amide bonds. The summed E-state index contributed by atoms with van der Waals surface area (Å²) in [5, 5.41) is 5.46. The van der Waals surface area contributed by atoms with E-state index >= 15 is 0 Å². The van der Waals surface area contributed by atoms with Gasteiger partial charge in [-0.05, 0) is 25.0 Å². The Labute approximate surface area is 116 Å². The summed E-state index contributed by atoms with van der Waals surface area (Å²) < 4.78 is 0. The number of hydrogen-bond donors (Lipinski definition) is 1. The molecule has 0 spiro atoms. The zero-order chi connectivity index (χ0) is 13.7. The highest BCUT2D eigenvalue weighted by atomic mass is 32.1. The maximum atomic E-state index is 12.0. The topological polar surface area (TPSA) is 54.9 Å². The maximum absolute atomic E-state index is 12.0. The molecule has 0 saturated carbocycles. The first-order valence-corrected chi connectivity index (χ1v) is 7.29. The third-order valence-electron chi connectivity index (χ3n) is 3.05. The molecule has 19 heavy (non-hydrogen) atoms. The van der Waals surface area contributed by atoms with Crippen molar-refractivity contribution >= 4 is 22.4 Å². The number of rotatable bonds is 5. The lowest BCUT2D eigenvalue weighted by Gasteiger charge is -2.10. The van der Waals surface area contributed by atoms with Crippen LogP contribution in [0.1, 0.15) is 26.7 Å². The molecule has 2 heterocycles. The van der Waals surface area contributed by atoms with Gasteiger partial charge in [-0.1, -0.05) is 13.8 Å². The molecule has 2 aromatic heterocycles. The maximum Gasteiger partial charge on any atom is 0.229 e. The van der Waals surface area contributed by atoms with Crippen LogP contribution in [0.25, 0.3) is 11.3 Å². The lowest BCUT2D eigenvalue weighted by molar-refractivity contribution is -0.120. The fourth-order valence-corrected chi connectivity index (χ4v) is 2.57. The molecule has 0 aliphatic rings. The Morgan fingerprint density at radius 2 is 2.21 bits per heavy atom. The van der Waals surface area contributed by atoms with Crippen LogP contribution in [0, 0.1) is 5.92 Å². The number of carbonyl (C=O) groups excluding carboxylic acids is 1. The summed E-state index contributed by atoms with van der Waals surface area (Å²) in [5.74, 6) is 0.114. The first-order chi connectivity index (χ1) is 9.24. The van der Waals surface area contributed by atoms with E-state index in [9.17, 15) is 4.79 Å². The SMILES string of the molecule is CCC(CC)C(=O)Nc1nc(-c2cccnc2)cs1. The molecular weight excluding hydrogens is 258 g/mol. The van der Waals surface area contributed by atoms with Gasteiger partial charge in [0.15, 0.2) is 5.13 Å². The molecule has 0 unspecified atom stereocenters. The molecule has 0 aliphatic heterocycles. The van der Waals surface area contributed by atoms with Crippen LogP contribution in [0.4, 0.5) is 5.13 Å². The fourth-order valence-electron chi connectivity index (χ4n) is 1.84. The van der Waals surface area contributed by atoms with Gasteiger partial charge in [0.1, 0.15) is 0 Å². The summed E-state index contributed by atoms with van der Waals surface area (Å²) in [7, 11) is 0. The number of pyridine rings is 1. The molecule has 0 bridgehead atoms. The Kier molecular flexibility index (Phi) is 4.63. The van der Waals surface area contributed by atoms with E-state index in [1.165, 1.54) is 11.3 Å². The second-order valence-corrected chi connectivity index (χ2v) is 5.14. The van der Waals surface area contributed by atoms with Crippen LogP contribution in [-0.4, -0.2) is 15.9 Å². The van der Waals surface area contributed by atoms with E-state index in [1.54, 1.807) is 12.4 Å². The third-order valence-corrected chi connectivity index (χ3v) is 3.81. The van der Waals surface area contributed by atoms with Crippen LogP contribution < -0.4 is 5.32 Å². The van der Waals surface area contributed by atoms with E-state index in [-0.39, 0.29) is 11.8 Å². The minimum Gasteiger partial charge on any atom is -0.302 e. The number of hydrogen-bond acceptors (Lipinski definition) is 4. The van der Waals surface area contributed by atoms with Crippen LogP contribution in [-0.2, 0) is 4.79 Å². The average molecular weight is 275 g/mol. The second kappa shape index (κ2) is 6.43. The van der Waals surface area contributed by atoms with Crippen LogP contribution in [0.2, 0.25) is 0 Å². The van der Waals surface area contributed by atoms with E-state index < -0.39 is 0 Å². The second-order valence-electron chi connectivity index (χ2n) is 4.28. The van der Waals surface area contributed by atoms with E-state index in [0.717, 1.165) is 24.1 Å². The van der Waals surface area contributed by atoms with Gasteiger partial charge in [0.05, 0.1) is 5.69 Å². The first-order valence-electron chi connectivity index (χ1n) is 6.41. The molecule has 0 saturated heterocycles. The van der Waals surface area contributed by atoms with Gasteiger partial charge in [-0.2, -0.15) is 0 Å². The van der Waals surface area contributed by atoms with Crippen molar-refractivity contribution in [1.82, 2.24) is 9.97 Å². The van der Waals surface area contributed by atoms with Gasteiger partial charge in [0.25, 0.3) is 0 Å². The van der Waals surface area contributed by atoms with Crippen molar-refractivity contribution in [2.45, 2.75) is 26.7 Å². The molecule has 4 nitrogen and oxygen atoms in total. The van der Waals surface area contributed by atoms with Gasteiger partial charge in [-0.3, -0.25) is 9.78 Å². The molecule has 0 fully saturated rings. The predicted molar refractivity (Wildman–Crippen MR) is 78.0 cm³/mol. The number of thiazole rings is 1. The normalized spacial score (nSPS) is 10.7. The molecule has 2 rings (SSSR count). The van der Waals surface area contributed by atoms with Gasteiger partial charge in [-0.25, -0.2) is 4.98 Å².